The van der Waals surface area contributed by atoms with Crippen molar-refractivity contribution in [3.05, 3.63) is 36.5 Å². The van der Waals surface area contributed by atoms with Crippen LogP contribution in [0.1, 0.15) is 20.3 Å². The minimum atomic E-state index is -3.28. The van der Waals surface area contributed by atoms with Crippen LogP contribution in [0.4, 0.5) is 0 Å². The molecule has 0 saturated carbocycles. The molecule has 0 bridgehead atoms. The van der Waals surface area contributed by atoms with Crippen LogP contribution < -0.4 is 0 Å². The van der Waals surface area contributed by atoms with Gasteiger partial charge in [-0.1, -0.05) is 25.1 Å². The fourth-order valence-electron chi connectivity index (χ4n) is 1.74. The molecule has 0 aliphatic rings. The summed E-state index contributed by atoms with van der Waals surface area (Å²) in [5, 5.41) is 0.479. The first-order valence-electron chi connectivity index (χ1n) is 5.65. The Morgan fingerprint density at radius 3 is 2.65 bits per heavy atom. The highest BCUT2D eigenvalue weighted by atomic mass is 32.2. The van der Waals surface area contributed by atoms with E-state index in [2.05, 4.69) is 4.98 Å². The first-order valence-corrected chi connectivity index (χ1v) is 7.19. The molecular weight excluding hydrogens is 234 g/mol. The third-order valence-corrected chi connectivity index (χ3v) is 5.34. The van der Waals surface area contributed by atoms with Gasteiger partial charge in [0.25, 0.3) is 0 Å². The zero-order valence-corrected chi connectivity index (χ0v) is 10.7. The van der Waals surface area contributed by atoms with E-state index in [-0.39, 0.29) is 5.25 Å². The summed E-state index contributed by atoms with van der Waals surface area (Å²) in [6.45, 7) is 3.61. The lowest BCUT2D eigenvalue weighted by atomic mass is 10.2. The van der Waals surface area contributed by atoms with E-state index in [1.54, 1.807) is 25.3 Å². The normalized spacial score (nSPS) is 13.8. The fraction of sp³-hybridized carbons (Fsp3) is 0.308. The van der Waals surface area contributed by atoms with Crippen molar-refractivity contribution in [2.75, 3.05) is 0 Å². The highest BCUT2D eigenvalue weighted by molar-refractivity contribution is 7.92. The van der Waals surface area contributed by atoms with Gasteiger partial charge in [-0.25, -0.2) is 8.42 Å². The van der Waals surface area contributed by atoms with Crippen LogP contribution >= 0.6 is 0 Å². The summed E-state index contributed by atoms with van der Waals surface area (Å²) < 4.78 is 24.7. The number of hydrogen-bond acceptors (Lipinski definition) is 3. The molecule has 0 radical (unpaired) electrons. The predicted octanol–water partition coefficient (Wildman–Crippen LogP) is 2.81. The minimum Gasteiger partial charge on any atom is -0.255 e. The molecule has 2 aromatic rings. The average molecular weight is 249 g/mol. The summed E-state index contributed by atoms with van der Waals surface area (Å²) in [5.41, 5.74) is 0.565. The summed E-state index contributed by atoms with van der Waals surface area (Å²) in [4.78, 5) is 4.52. The molecule has 3 nitrogen and oxygen atoms in total. The molecule has 0 fully saturated rings. The van der Waals surface area contributed by atoms with Crippen molar-refractivity contribution in [3.8, 4) is 0 Å². The molecule has 90 valence electrons. The van der Waals surface area contributed by atoms with E-state index in [0.717, 1.165) is 5.39 Å². The van der Waals surface area contributed by atoms with Gasteiger partial charge in [0, 0.05) is 11.6 Å². The number of rotatable bonds is 3. The van der Waals surface area contributed by atoms with Gasteiger partial charge in [-0.05, 0) is 25.5 Å². The van der Waals surface area contributed by atoms with Crippen LogP contribution in [0.15, 0.2) is 41.4 Å². The number of pyridine rings is 1. The van der Waals surface area contributed by atoms with Gasteiger partial charge < -0.3 is 0 Å². The van der Waals surface area contributed by atoms with E-state index in [9.17, 15) is 8.42 Å². The second-order valence-electron chi connectivity index (χ2n) is 4.10. The molecule has 0 aliphatic carbocycles. The Hall–Kier alpha value is -1.42. The highest BCUT2D eigenvalue weighted by Crippen LogP contribution is 2.25. The van der Waals surface area contributed by atoms with Crippen LogP contribution in [0, 0.1) is 0 Å². The molecule has 4 heteroatoms. The average Bonchev–Trinajstić information content (AvgIpc) is 2.37. The molecule has 1 unspecified atom stereocenters. The zero-order valence-electron chi connectivity index (χ0n) is 9.92. The Bertz CT molecular complexity index is 629. The Balaban J connectivity index is 2.72. The van der Waals surface area contributed by atoms with Crippen molar-refractivity contribution in [1.29, 1.82) is 0 Å². The molecule has 2 rings (SSSR count). The topological polar surface area (TPSA) is 47.0 Å². The summed E-state index contributed by atoms with van der Waals surface area (Å²) >= 11 is 0. The van der Waals surface area contributed by atoms with Crippen molar-refractivity contribution in [2.24, 2.45) is 0 Å². The van der Waals surface area contributed by atoms with Gasteiger partial charge >= 0.3 is 0 Å². The third kappa shape index (κ3) is 2.05. The highest BCUT2D eigenvalue weighted by Gasteiger charge is 2.24. The number of para-hydroxylation sites is 1. The maximum atomic E-state index is 12.3. The standard InChI is InChI=1S/C13H15NO2S/c1-3-10(2)17(15,16)12-8-4-6-11-7-5-9-14-13(11)12/h4-10H,3H2,1-2H3. The van der Waals surface area contributed by atoms with Crippen LogP contribution in [0.5, 0.6) is 0 Å². The summed E-state index contributed by atoms with van der Waals surface area (Å²) in [7, 11) is -3.28. The van der Waals surface area contributed by atoms with E-state index in [4.69, 9.17) is 0 Å². The molecule has 0 N–H and O–H groups in total. The summed E-state index contributed by atoms with van der Waals surface area (Å²) in [6, 6.07) is 8.95. The molecule has 1 atom stereocenters. The largest absolute Gasteiger partial charge is 0.255 e. The maximum Gasteiger partial charge on any atom is 0.183 e. The molecule has 0 spiro atoms. The number of nitrogens with zero attached hydrogens (tertiary/aromatic N) is 1. The minimum absolute atomic E-state index is 0.338. The van der Waals surface area contributed by atoms with E-state index in [1.807, 2.05) is 25.1 Å². The maximum absolute atomic E-state index is 12.3. The SMILES string of the molecule is CCC(C)S(=O)(=O)c1cccc2cccnc12. The molecule has 1 aromatic heterocycles. The van der Waals surface area contributed by atoms with Gasteiger partial charge in [-0.3, -0.25) is 4.98 Å². The van der Waals surface area contributed by atoms with Crippen molar-refractivity contribution in [3.63, 3.8) is 0 Å². The second-order valence-corrected chi connectivity index (χ2v) is 6.43. The van der Waals surface area contributed by atoms with Crippen molar-refractivity contribution in [2.45, 2.75) is 30.4 Å². The van der Waals surface area contributed by atoms with Gasteiger partial charge in [-0.15, -0.1) is 0 Å². The Labute approximate surface area is 101 Å². The lowest BCUT2D eigenvalue weighted by Gasteiger charge is -2.12. The van der Waals surface area contributed by atoms with E-state index >= 15 is 0 Å². The van der Waals surface area contributed by atoms with Crippen molar-refractivity contribution < 1.29 is 8.42 Å². The van der Waals surface area contributed by atoms with Gasteiger partial charge in [-0.2, -0.15) is 0 Å². The van der Waals surface area contributed by atoms with Crippen LogP contribution in [-0.2, 0) is 9.84 Å². The number of aromatic nitrogens is 1. The van der Waals surface area contributed by atoms with Crippen LogP contribution in [0.3, 0.4) is 0 Å². The molecule has 0 amide bonds. The first-order chi connectivity index (χ1) is 8.07. The monoisotopic (exact) mass is 249 g/mol. The Morgan fingerprint density at radius 2 is 1.94 bits per heavy atom. The number of hydrogen-bond donors (Lipinski definition) is 0. The lowest BCUT2D eigenvalue weighted by Crippen LogP contribution is -2.17. The van der Waals surface area contributed by atoms with Gasteiger partial charge in [0.15, 0.2) is 9.84 Å². The smallest absolute Gasteiger partial charge is 0.183 e. The summed E-state index contributed by atoms with van der Waals surface area (Å²) in [6.07, 6.45) is 2.23. The predicted molar refractivity (Wildman–Crippen MR) is 68.7 cm³/mol. The van der Waals surface area contributed by atoms with E-state index in [0.29, 0.717) is 16.8 Å². The van der Waals surface area contributed by atoms with Gasteiger partial charge in [0.1, 0.15) is 0 Å². The van der Waals surface area contributed by atoms with Crippen molar-refractivity contribution >= 4 is 20.7 Å². The molecule has 17 heavy (non-hydrogen) atoms. The van der Waals surface area contributed by atoms with Crippen molar-refractivity contribution in [1.82, 2.24) is 4.98 Å². The Morgan fingerprint density at radius 1 is 1.24 bits per heavy atom. The molecular formula is C13H15NO2S. The van der Waals surface area contributed by atoms with E-state index < -0.39 is 9.84 Å². The Kier molecular flexibility index (Phi) is 3.15. The van der Waals surface area contributed by atoms with Gasteiger partial charge in [0.2, 0.25) is 0 Å². The molecule has 1 heterocycles. The fourth-order valence-corrected chi connectivity index (χ4v) is 3.32. The summed E-state index contributed by atoms with van der Waals surface area (Å²) in [5.74, 6) is 0. The van der Waals surface area contributed by atoms with E-state index in [1.165, 1.54) is 0 Å². The lowest BCUT2D eigenvalue weighted by molar-refractivity contribution is 0.582. The number of benzene rings is 1. The number of fused-ring (bicyclic) bond motifs is 1. The molecule has 1 aromatic carbocycles. The van der Waals surface area contributed by atoms with Crippen LogP contribution in [0.25, 0.3) is 10.9 Å². The number of sulfone groups is 1. The zero-order chi connectivity index (χ0) is 12.5. The second kappa shape index (κ2) is 4.45. The van der Waals surface area contributed by atoms with Crippen LogP contribution in [-0.4, -0.2) is 18.7 Å². The van der Waals surface area contributed by atoms with Gasteiger partial charge in [0.05, 0.1) is 15.7 Å². The first kappa shape index (κ1) is 12.0. The quantitative estimate of drug-likeness (QED) is 0.840. The van der Waals surface area contributed by atoms with Crippen LogP contribution in [0.2, 0.25) is 0 Å². The molecule has 0 aliphatic heterocycles. The molecule has 0 saturated heterocycles. The third-order valence-electron chi connectivity index (χ3n) is 3.01.